The highest BCUT2D eigenvalue weighted by atomic mass is 16.1. The Hall–Kier alpha value is -3.53. The molecule has 0 radical (unpaired) electrons. The summed E-state index contributed by atoms with van der Waals surface area (Å²) >= 11 is 0. The van der Waals surface area contributed by atoms with Crippen LogP contribution in [0.15, 0.2) is 69.0 Å². The minimum absolute atomic E-state index is 0.145. The quantitative estimate of drug-likeness (QED) is 0.319. The number of hydrogen-bond acceptors (Lipinski definition) is 3. The number of para-hydroxylation sites is 3. The lowest BCUT2D eigenvalue weighted by Crippen LogP contribution is -2.18. The van der Waals surface area contributed by atoms with E-state index in [0.29, 0.717) is 48.9 Å². The highest BCUT2D eigenvalue weighted by Gasteiger charge is 2.21. The predicted molar refractivity (Wildman–Crippen MR) is 99.8 cm³/mol. The van der Waals surface area contributed by atoms with Crippen molar-refractivity contribution in [3.05, 3.63) is 85.3 Å². The molecule has 0 amide bonds. The maximum atomic E-state index is 13.0. The average molecular weight is 323 g/mol. The summed E-state index contributed by atoms with van der Waals surface area (Å²) in [7, 11) is 0. The monoisotopic (exact) mass is 323 g/mol. The second-order valence-electron chi connectivity index (χ2n) is 6.43. The van der Waals surface area contributed by atoms with Crippen molar-refractivity contribution in [1.82, 2.24) is 4.40 Å². The Morgan fingerprint density at radius 3 is 0.920 bits per heavy atom. The van der Waals surface area contributed by atoms with E-state index in [2.05, 4.69) is 0 Å². The molecule has 0 fully saturated rings. The lowest BCUT2D eigenvalue weighted by Gasteiger charge is -2.17. The summed E-state index contributed by atoms with van der Waals surface area (Å²) in [5.41, 5.74) is 1.37. The molecule has 0 aliphatic heterocycles. The first-order valence-electron chi connectivity index (χ1n) is 8.02. The third-order valence-electron chi connectivity index (χ3n) is 5.25. The van der Waals surface area contributed by atoms with Gasteiger partial charge in [-0.25, -0.2) is 0 Å². The number of rotatable bonds is 0. The first kappa shape index (κ1) is 12.8. The van der Waals surface area contributed by atoms with Crippen molar-refractivity contribution in [1.29, 1.82) is 0 Å². The van der Waals surface area contributed by atoms with Crippen LogP contribution in [-0.2, 0) is 0 Å². The first-order chi connectivity index (χ1) is 12.2. The standard InChI is InChI=1S/C21H9NO3/c23-19-10-4-1-5-11-16(10)22-17-12(19)6-2-8-14(17)21(25)15-9-3-7-13(18(15)22)20(11)24/h1-9H. The zero-order valence-corrected chi connectivity index (χ0v) is 12.9. The van der Waals surface area contributed by atoms with E-state index in [-0.39, 0.29) is 16.3 Å². The van der Waals surface area contributed by atoms with E-state index in [1.54, 1.807) is 54.6 Å². The molecule has 0 bridgehead atoms. The summed E-state index contributed by atoms with van der Waals surface area (Å²) in [5.74, 6) is 0. The molecule has 0 unspecified atom stereocenters. The predicted octanol–water partition coefficient (Wildman–Crippen LogP) is 2.95. The van der Waals surface area contributed by atoms with Gasteiger partial charge < -0.3 is 4.40 Å². The van der Waals surface area contributed by atoms with Crippen LogP contribution < -0.4 is 16.3 Å². The lowest BCUT2D eigenvalue weighted by atomic mass is 9.98. The van der Waals surface area contributed by atoms with E-state index in [4.69, 9.17) is 0 Å². The Balaban J connectivity index is 2.30. The van der Waals surface area contributed by atoms with E-state index < -0.39 is 0 Å². The fourth-order valence-electron chi connectivity index (χ4n) is 4.22. The molecule has 3 heterocycles. The van der Waals surface area contributed by atoms with Gasteiger partial charge in [-0.15, -0.1) is 0 Å². The van der Waals surface area contributed by atoms with Crippen LogP contribution in [0, 0.1) is 0 Å². The largest absolute Gasteiger partial charge is 0.306 e. The molecule has 25 heavy (non-hydrogen) atoms. The molecule has 0 spiro atoms. The third kappa shape index (κ3) is 1.26. The van der Waals surface area contributed by atoms with Gasteiger partial charge in [0.05, 0.1) is 16.6 Å². The third-order valence-corrected chi connectivity index (χ3v) is 5.25. The van der Waals surface area contributed by atoms with Crippen molar-refractivity contribution in [3.8, 4) is 0 Å². The van der Waals surface area contributed by atoms with Crippen molar-refractivity contribution in [3.63, 3.8) is 0 Å². The van der Waals surface area contributed by atoms with Crippen LogP contribution in [0.5, 0.6) is 0 Å². The van der Waals surface area contributed by atoms with E-state index in [9.17, 15) is 14.4 Å². The van der Waals surface area contributed by atoms with Crippen molar-refractivity contribution < 1.29 is 0 Å². The minimum Gasteiger partial charge on any atom is -0.306 e. The normalized spacial score (nSPS) is 12.5. The van der Waals surface area contributed by atoms with Crippen LogP contribution in [0.25, 0.3) is 48.9 Å². The Morgan fingerprint density at radius 2 is 0.680 bits per heavy atom. The topological polar surface area (TPSA) is 55.6 Å². The fraction of sp³-hybridized carbons (Fsp3) is 0. The number of hydrogen-bond donors (Lipinski definition) is 0. The molecule has 6 rings (SSSR count). The van der Waals surface area contributed by atoms with Crippen LogP contribution in [0.4, 0.5) is 0 Å². The number of benzene rings is 3. The molecular formula is C21H9NO3. The Labute approximate surface area is 139 Å². The van der Waals surface area contributed by atoms with Gasteiger partial charge in [0, 0.05) is 32.3 Å². The van der Waals surface area contributed by atoms with Gasteiger partial charge in [0.2, 0.25) is 0 Å². The molecule has 0 atom stereocenters. The smallest absolute Gasteiger partial charge is 0.197 e. The van der Waals surface area contributed by atoms with Crippen LogP contribution in [0.2, 0.25) is 0 Å². The molecule has 6 aromatic rings. The molecule has 3 aromatic heterocycles. The lowest BCUT2D eigenvalue weighted by molar-refractivity contribution is 1.31. The molecular weight excluding hydrogens is 314 g/mol. The van der Waals surface area contributed by atoms with Gasteiger partial charge in [-0.1, -0.05) is 18.2 Å². The molecule has 0 saturated carbocycles. The second kappa shape index (κ2) is 3.92. The van der Waals surface area contributed by atoms with E-state index in [1.165, 1.54) is 0 Å². The zero-order valence-electron chi connectivity index (χ0n) is 12.9. The summed E-state index contributed by atoms with van der Waals surface area (Å²) < 4.78 is 1.93. The van der Waals surface area contributed by atoms with Gasteiger partial charge >= 0.3 is 0 Å². The van der Waals surface area contributed by atoms with Crippen molar-refractivity contribution in [2.75, 3.05) is 0 Å². The minimum atomic E-state index is -0.145. The molecule has 0 saturated heterocycles. The number of nitrogens with zero attached hydrogens (tertiary/aromatic N) is 1. The highest BCUT2D eigenvalue weighted by Crippen LogP contribution is 2.31. The first-order valence-corrected chi connectivity index (χ1v) is 8.02. The van der Waals surface area contributed by atoms with Crippen molar-refractivity contribution >= 4 is 48.9 Å². The zero-order chi connectivity index (χ0) is 16.9. The van der Waals surface area contributed by atoms with Crippen LogP contribution >= 0.6 is 0 Å². The maximum absolute atomic E-state index is 13.0. The van der Waals surface area contributed by atoms with Gasteiger partial charge in [-0.3, -0.25) is 14.4 Å². The SMILES string of the molecule is O=c1c2cccc3c(=O)c4cccc5c(=O)c6cccc1c6n(c23)c45. The highest BCUT2D eigenvalue weighted by molar-refractivity contribution is 6.15. The van der Waals surface area contributed by atoms with Gasteiger partial charge in [0.15, 0.2) is 16.3 Å². The molecule has 4 nitrogen and oxygen atoms in total. The van der Waals surface area contributed by atoms with E-state index >= 15 is 0 Å². The Morgan fingerprint density at radius 1 is 0.440 bits per heavy atom. The molecule has 3 aromatic carbocycles. The van der Waals surface area contributed by atoms with Crippen molar-refractivity contribution in [2.24, 2.45) is 0 Å². The molecule has 0 aliphatic rings. The average Bonchev–Trinajstić information content (AvgIpc) is 2.65. The van der Waals surface area contributed by atoms with Crippen LogP contribution in [0.3, 0.4) is 0 Å². The summed E-state index contributed by atoms with van der Waals surface area (Å²) in [6.07, 6.45) is 0. The Bertz CT molecular complexity index is 1350. The van der Waals surface area contributed by atoms with Gasteiger partial charge in [0.25, 0.3) is 0 Å². The van der Waals surface area contributed by atoms with E-state index in [0.717, 1.165) is 0 Å². The number of aromatic nitrogens is 1. The summed E-state index contributed by atoms with van der Waals surface area (Å²) in [6.45, 7) is 0. The Kier molecular flexibility index (Phi) is 2.02. The summed E-state index contributed by atoms with van der Waals surface area (Å²) in [6, 6.07) is 15.7. The molecule has 116 valence electrons. The van der Waals surface area contributed by atoms with Gasteiger partial charge in [-0.05, 0) is 36.4 Å². The van der Waals surface area contributed by atoms with Crippen LogP contribution in [-0.4, -0.2) is 4.40 Å². The maximum Gasteiger partial charge on any atom is 0.197 e. The number of pyridine rings is 3. The molecule has 0 N–H and O–H groups in total. The van der Waals surface area contributed by atoms with Crippen molar-refractivity contribution in [2.45, 2.75) is 0 Å². The van der Waals surface area contributed by atoms with Gasteiger partial charge in [0.1, 0.15) is 0 Å². The molecule has 4 heteroatoms. The molecule has 0 aliphatic carbocycles. The second-order valence-corrected chi connectivity index (χ2v) is 6.43. The van der Waals surface area contributed by atoms with Crippen LogP contribution in [0.1, 0.15) is 0 Å². The van der Waals surface area contributed by atoms with E-state index in [1.807, 2.05) is 4.40 Å². The fourth-order valence-corrected chi connectivity index (χ4v) is 4.22. The van der Waals surface area contributed by atoms with Gasteiger partial charge in [-0.2, -0.15) is 0 Å². The summed E-state index contributed by atoms with van der Waals surface area (Å²) in [5, 5.41) is 3.03. The summed E-state index contributed by atoms with van der Waals surface area (Å²) in [4.78, 5) is 39.0.